The van der Waals surface area contributed by atoms with E-state index in [0.29, 0.717) is 0 Å². The molecule has 1 unspecified atom stereocenters. The van der Waals surface area contributed by atoms with Gasteiger partial charge in [0.05, 0.1) is 12.1 Å². The maximum Gasteiger partial charge on any atom is 0.257 e. The zero-order valence-corrected chi connectivity index (χ0v) is 10.7. The molecule has 0 aliphatic heterocycles. The summed E-state index contributed by atoms with van der Waals surface area (Å²) in [5.74, 6) is -12.6. The van der Waals surface area contributed by atoms with E-state index in [0.717, 1.165) is 0 Å². The van der Waals surface area contributed by atoms with E-state index in [1.165, 1.54) is 6.92 Å². The summed E-state index contributed by atoms with van der Waals surface area (Å²) in [6.07, 6.45) is 0.185. The molecule has 1 amide bonds. The lowest BCUT2D eigenvalue weighted by Gasteiger charge is -2.27. The van der Waals surface area contributed by atoms with Gasteiger partial charge in [-0.15, -0.1) is 0 Å². The average molecular weight is 297 g/mol. The molecule has 0 radical (unpaired) electrons. The van der Waals surface area contributed by atoms with Crippen molar-refractivity contribution >= 4 is 5.91 Å². The van der Waals surface area contributed by atoms with Crippen molar-refractivity contribution in [3.05, 3.63) is 34.6 Å². The Bertz CT molecular complexity index is 514. The number of hydrogen-bond donors (Lipinski definition) is 2. The van der Waals surface area contributed by atoms with Crippen LogP contribution in [-0.2, 0) is 0 Å². The fraction of sp³-hybridized carbons (Fsp3) is 0.417. The highest BCUT2D eigenvalue weighted by molar-refractivity contribution is 5.95. The minimum atomic E-state index is -2.34. The fourth-order valence-electron chi connectivity index (χ4n) is 1.38. The molecule has 0 heterocycles. The molecule has 112 valence electrons. The van der Waals surface area contributed by atoms with Crippen LogP contribution in [0.2, 0.25) is 0 Å². The van der Waals surface area contributed by atoms with E-state index in [-0.39, 0.29) is 6.42 Å². The van der Waals surface area contributed by atoms with Gasteiger partial charge >= 0.3 is 0 Å². The Morgan fingerprint density at radius 1 is 1.05 bits per heavy atom. The highest BCUT2D eigenvalue weighted by atomic mass is 19.2. The molecule has 0 aromatic heterocycles. The Morgan fingerprint density at radius 3 is 1.80 bits per heavy atom. The summed E-state index contributed by atoms with van der Waals surface area (Å²) in [4.78, 5) is 11.7. The van der Waals surface area contributed by atoms with Crippen molar-refractivity contribution in [2.75, 3.05) is 6.61 Å². The third-order valence-corrected chi connectivity index (χ3v) is 2.98. The second-order valence-electron chi connectivity index (χ2n) is 4.47. The summed E-state index contributed by atoms with van der Waals surface area (Å²) in [6, 6.07) is 0. The summed E-state index contributed by atoms with van der Waals surface area (Å²) in [7, 11) is 0. The molecule has 20 heavy (non-hydrogen) atoms. The number of rotatable bonds is 4. The van der Waals surface area contributed by atoms with Crippen molar-refractivity contribution in [1.29, 1.82) is 0 Å². The van der Waals surface area contributed by atoms with Gasteiger partial charge in [-0.25, -0.2) is 22.0 Å². The van der Waals surface area contributed by atoms with Gasteiger partial charge in [0.1, 0.15) is 5.56 Å². The molecule has 0 saturated carbocycles. The third kappa shape index (κ3) is 2.74. The molecule has 3 nitrogen and oxygen atoms in total. The largest absolute Gasteiger partial charge is 0.394 e. The molecular formula is C12H12F5NO2. The van der Waals surface area contributed by atoms with Crippen molar-refractivity contribution in [2.45, 2.75) is 25.8 Å². The zero-order chi connectivity index (χ0) is 15.7. The highest BCUT2D eigenvalue weighted by Crippen LogP contribution is 2.23. The van der Waals surface area contributed by atoms with E-state index >= 15 is 0 Å². The molecule has 1 atom stereocenters. The topological polar surface area (TPSA) is 49.3 Å². The predicted octanol–water partition coefficient (Wildman–Crippen LogP) is 2.27. The lowest BCUT2D eigenvalue weighted by molar-refractivity contribution is 0.0835. The molecular weight excluding hydrogens is 285 g/mol. The van der Waals surface area contributed by atoms with Crippen LogP contribution < -0.4 is 5.32 Å². The standard InChI is InChI=1S/C12H12F5NO2/c1-3-12(2,4-19)18-11(20)5-6(13)8(15)10(17)9(16)7(5)14/h19H,3-4H2,1-2H3,(H,18,20). The average Bonchev–Trinajstić information content (AvgIpc) is 2.43. The normalized spacial score (nSPS) is 14.0. The van der Waals surface area contributed by atoms with E-state index in [4.69, 9.17) is 5.11 Å². The molecule has 0 aliphatic carbocycles. The fourth-order valence-corrected chi connectivity index (χ4v) is 1.38. The minimum absolute atomic E-state index is 0.185. The van der Waals surface area contributed by atoms with E-state index in [1.807, 2.05) is 5.32 Å². The number of carbonyl (C=O) groups excluding carboxylic acids is 1. The lowest BCUT2D eigenvalue weighted by Crippen LogP contribution is -2.49. The molecule has 0 spiro atoms. The molecule has 0 bridgehead atoms. The Balaban J connectivity index is 3.31. The van der Waals surface area contributed by atoms with Gasteiger partial charge in [-0.1, -0.05) is 6.92 Å². The number of aliphatic hydroxyl groups excluding tert-OH is 1. The van der Waals surface area contributed by atoms with Crippen LogP contribution in [0.15, 0.2) is 0 Å². The van der Waals surface area contributed by atoms with Crippen LogP contribution in [0.25, 0.3) is 0 Å². The van der Waals surface area contributed by atoms with Crippen LogP contribution in [0, 0.1) is 29.1 Å². The predicted molar refractivity (Wildman–Crippen MR) is 59.5 cm³/mol. The van der Waals surface area contributed by atoms with Crippen LogP contribution in [0.1, 0.15) is 30.6 Å². The Labute approximate surface area is 111 Å². The molecule has 1 rings (SSSR count). The Morgan fingerprint density at radius 2 is 1.45 bits per heavy atom. The third-order valence-electron chi connectivity index (χ3n) is 2.98. The number of aliphatic hydroxyl groups is 1. The van der Waals surface area contributed by atoms with Crippen LogP contribution >= 0.6 is 0 Å². The van der Waals surface area contributed by atoms with Gasteiger partial charge in [0, 0.05) is 0 Å². The molecule has 0 aliphatic rings. The smallest absolute Gasteiger partial charge is 0.257 e. The summed E-state index contributed by atoms with van der Waals surface area (Å²) in [6.45, 7) is 2.36. The molecule has 2 N–H and O–H groups in total. The molecule has 0 fully saturated rings. The van der Waals surface area contributed by atoms with Crippen LogP contribution in [0.3, 0.4) is 0 Å². The minimum Gasteiger partial charge on any atom is -0.394 e. The van der Waals surface area contributed by atoms with E-state index < -0.39 is 52.7 Å². The van der Waals surface area contributed by atoms with Crippen molar-refractivity contribution in [1.82, 2.24) is 5.32 Å². The van der Waals surface area contributed by atoms with Gasteiger partial charge in [-0.05, 0) is 13.3 Å². The first kappa shape index (κ1) is 16.4. The van der Waals surface area contributed by atoms with Crippen LogP contribution in [0.4, 0.5) is 22.0 Å². The van der Waals surface area contributed by atoms with Crippen molar-refractivity contribution < 1.29 is 31.9 Å². The highest BCUT2D eigenvalue weighted by Gasteiger charge is 2.32. The van der Waals surface area contributed by atoms with Gasteiger partial charge in [0.15, 0.2) is 23.3 Å². The quantitative estimate of drug-likeness (QED) is 0.509. The number of nitrogens with one attached hydrogen (secondary N) is 1. The SMILES string of the molecule is CCC(C)(CO)NC(=O)c1c(F)c(F)c(F)c(F)c1F. The molecule has 0 saturated heterocycles. The monoisotopic (exact) mass is 297 g/mol. The Kier molecular flexibility index (Phi) is 4.69. The van der Waals surface area contributed by atoms with Crippen molar-refractivity contribution in [3.8, 4) is 0 Å². The van der Waals surface area contributed by atoms with Crippen LogP contribution in [0.5, 0.6) is 0 Å². The first-order chi connectivity index (χ1) is 9.18. The van der Waals surface area contributed by atoms with Crippen molar-refractivity contribution in [2.24, 2.45) is 0 Å². The zero-order valence-electron chi connectivity index (χ0n) is 10.7. The number of hydrogen-bond acceptors (Lipinski definition) is 2. The van der Waals surface area contributed by atoms with Gasteiger partial charge < -0.3 is 10.4 Å². The van der Waals surface area contributed by atoms with E-state index in [9.17, 15) is 26.7 Å². The van der Waals surface area contributed by atoms with Gasteiger partial charge in [0.25, 0.3) is 5.91 Å². The van der Waals surface area contributed by atoms with Crippen LogP contribution in [-0.4, -0.2) is 23.2 Å². The molecule has 1 aromatic carbocycles. The number of amides is 1. The van der Waals surface area contributed by atoms with Gasteiger partial charge in [0.2, 0.25) is 5.82 Å². The first-order valence-electron chi connectivity index (χ1n) is 5.63. The maximum absolute atomic E-state index is 13.4. The Hall–Kier alpha value is -1.70. The maximum atomic E-state index is 13.4. The second-order valence-corrected chi connectivity index (χ2v) is 4.47. The summed E-state index contributed by atoms with van der Waals surface area (Å²) in [5, 5.41) is 11.1. The van der Waals surface area contributed by atoms with E-state index in [2.05, 4.69) is 0 Å². The number of benzene rings is 1. The number of halogens is 5. The van der Waals surface area contributed by atoms with Crippen molar-refractivity contribution in [3.63, 3.8) is 0 Å². The first-order valence-corrected chi connectivity index (χ1v) is 5.63. The summed E-state index contributed by atoms with van der Waals surface area (Å²) >= 11 is 0. The van der Waals surface area contributed by atoms with E-state index in [1.54, 1.807) is 6.92 Å². The van der Waals surface area contributed by atoms with Gasteiger partial charge in [-0.2, -0.15) is 0 Å². The number of carbonyl (C=O) groups is 1. The lowest BCUT2D eigenvalue weighted by atomic mass is 9.99. The summed E-state index contributed by atoms with van der Waals surface area (Å²) in [5.41, 5.74) is -2.81. The molecule has 1 aromatic rings. The van der Waals surface area contributed by atoms with Gasteiger partial charge in [-0.3, -0.25) is 4.79 Å². The molecule has 8 heteroatoms. The second kappa shape index (κ2) is 5.74. The summed E-state index contributed by atoms with van der Waals surface area (Å²) < 4.78 is 65.6.